The van der Waals surface area contributed by atoms with Crippen LogP contribution in [0.1, 0.15) is 24.2 Å². The SMILES string of the molecule is CC(C)COc1cccc(-c2nc3ccc(C(=O)CO)cc3[nH]2)c1. The van der Waals surface area contributed by atoms with Gasteiger partial charge >= 0.3 is 0 Å². The molecule has 3 aromatic rings. The number of rotatable bonds is 6. The number of carbonyl (C=O) groups is 1. The zero-order valence-electron chi connectivity index (χ0n) is 13.7. The minimum absolute atomic E-state index is 0.308. The first-order chi connectivity index (χ1) is 11.6. The lowest BCUT2D eigenvalue weighted by molar-refractivity contribution is 0.0904. The Hall–Kier alpha value is -2.66. The molecule has 0 saturated carbocycles. The number of aliphatic hydroxyl groups is 1. The molecule has 5 nitrogen and oxygen atoms in total. The number of aromatic amines is 1. The first kappa shape index (κ1) is 16.2. The number of hydrogen-bond acceptors (Lipinski definition) is 4. The van der Waals surface area contributed by atoms with Crippen molar-refractivity contribution in [3.05, 3.63) is 48.0 Å². The summed E-state index contributed by atoms with van der Waals surface area (Å²) < 4.78 is 5.75. The van der Waals surface area contributed by atoms with Crippen molar-refractivity contribution in [3.8, 4) is 17.1 Å². The molecule has 0 saturated heterocycles. The smallest absolute Gasteiger partial charge is 0.188 e. The van der Waals surface area contributed by atoms with Crippen molar-refractivity contribution in [2.24, 2.45) is 5.92 Å². The van der Waals surface area contributed by atoms with Crippen LogP contribution >= 0.6 is 0 Å². The molecule has 0 fully saturated rings. The van der Waals surface area contributed by atoms with Gasteiger partial charge in [-0.05, 0) is 36.2 Å². The predicted molar refractivity (Wildman–Crippen MR) is 93.3 cm³/mol. The Kier molecular flexibility index (Phi) is 4.62. The Balaban J connectivity index is 1.92. The summed E-state index contributed by atoms with van der Waals surface area (Å²) in [5.41, 5.74) is 2.92. The minimum atomic E-state index is -0.498. The molecule has 24 heavy (non-hydrogen) atoms. The van der Waals surface area contributed by atoms with Crippen molar-refractivity contribution in [2.45, 2.75) is 13.8 Å². The van der Waals surface area contributed by atoms with E-state index >= 15 is 0 Å². The van der Waals surface area contributed by atoms with E-state index in [0.717, 1.165) is 22.3 Å². The summed E-state index contributed by atoms with van der Waals surface area (Å²) in [5, 5.41) is 8.97. The average Bonchev–Trinajstić information content (AvgIpc) is 3.02. The molecular weight excluding hydrogens is 304 g/mol. The molecule has 0 amide bonds. The van der Waals surface area contributed by atoms with Crippen LogP contribution in [0.4, 0.5) is 0 Å². The second-order valence-corrected chi connectivity index (χ2v) is 6.13. The van der Waals surface area contributed by atoms with E-state index in [9.17, 15) is 4.79 Å². The molecule has 0 unspecified atom stereocenters. The molecule has 5 heteroatoms. The van der Waals surface area contributed by atoms with Gasteiger partial charge in [0.25, 0.3) is 0 Å². The molecule has 0 spiro atoms. The van der Waals surface area contributed by atoms with Crippen LogP contribution in [0.15, 0.2) is 42.5 Å². The van der Waals surface area contributed by atoms with Crippen LogP contribution in [-0.4, -0.2) is 34.1 Å². The fourth-order valence-corrected chi connectivity index (χ4v) is 2.41. The highest BCUT2D eigenvalue weighted by Gasteiger charge is 2.10. The van der Waals surface area contributed by atoms with Crippen molar-refractivity contribution in [1.29, 1.82) is 0 Å². The molecule has 0 aliphatic carbocycles. The third-order valence-corrected chi connectivity index (χ3v) is 3.64. The summed E-state index contributed by atoms with van der Waals surface area (Å²) in [7, 11) is 0. The molecule has 124 valence electrons. The van der Waals surface area contributed by atoms with E-state index in [1.807, 2.05) is 24.3 Å². The van der Waals surface area contributed by atoms with Crippen LogP contribution < -0.4 is 4.74 Å². The Morgan fingerprint density at radius 1 is 1.25 bits per heavy atom. The van der Waals surface area contributed by atoms with Gasteiger partial charge in [0.15, 0.2) is 5.78 Å². The number of nitrogens with one attached hydrogen (secondary N) is 1. The van der Waals surface area contributed by atoms with Crippen LogP contribution in [0.5, 0.6) is 5.75 Å². The molecule has 0 radical (unpaired) electrons. The number of H-pyrrole nitrogens is 1. The molecule has 0 atom stereocenters. The van der Waals surface area contributed by atoms with Gasteiger partial charge < -0.3 is 14.8 Å². The quantitative estimate of drug-likeness (QED) is 0.681. The number of imidazole rings is 1. The Labute approximate surface area is 140 Å². The van der Waals surface area contributed by atoms with Gasteiger partial charge in [0.05, 0.1) is 17.6 Å². The Bertz CT molecular complexity index is 868. The van der Waals surface area contributed by atoms with Gasteiger partial charge in [0.2, 0.25) is 0 Å². The first-order valence-electron chi connectivity index (χ1n) is 7.94. The van der Waals surface area contributed by atoms with Gasteiger partial charge in [-0.3, -0.25) is 4.79 Å². The molecular formula is C19H20N2O3. The van der Waals surface area contributed by atoms with Gasteiger partial charge in [-0.15, -0.1) is 0 Å². The van der Waals surface area contributed by atoms with E-state index in [-0.39, 0.29) is 5.78 Å². The topological polar surface area (TPSA) is 75.2 Å². The monoisotopic (exact) mass is 324 g/mol. The second-order valence-electron chi connectivity index (χ2n) is 6.13. The lowest BCUT2D eigenvalue weighted by Crippen LogP contribution is -2.04. The number of aromatic nitrogens is 2. The molecule has 0 aliphatic rings. The van der Waals surface area contributed by atoms with Crippen LogP contribution in [0.3, 0.4) is 0 Å². The number of benzene rings is 2. The Morgan fingerprint density at radius 2 is 2.08 bits per heavy atom. The molecule has 0 bridgehead atoms. The van der Waals surface area contributed by atoms with Gasteiger partial charge in [0, 0.05) is 11.1 Å². The number of fused-ring (bicyclic) bond motifs is 1. The van der Waals surface area contributed by atoms with E-state index in [1.165, 1.54) is 0 Å². The number of Topliss-reactive ketones (excluding diaryl/α,β-unsaturated/α-hetero) is 1. The van der Waals surface area contributed by atoms with Gasteiger partial charge in [0.1, 0.15) is 18.2 Å². The Morgan fingerprint density at radius 3 is 2.83 bits per heavy atom. The number of ketones is 1. The van der Waals surface area contributed by atoms with E-state index in [4.69, 9.17) is 9.84 Å². The first-order valence-corrected chi connectivity index (χ1v) is 7.94. The maximum atomic E-state index is 11.6. The van der Waals surface area contributed by atoms with E-state index < -0.39 is 6.61 Å². The predicted octanol–water partition coefficient (Wildman–Crippen LogP) is 3.44. The van der Waals surface area contributed by atoms with E-state index in [0.29, 0.717) is 23.9 Å². The standard InChI is InChI=1S/C19H20N2O3/c1-12(2)11-24-15-5-3-4-14(8-15)19-20-16-7-6-13(18(23)10-22)9-17(16)21-19/h3-9,12,22H,10-11H2,1-2H3,(H,20,21). The fourth-order valence-electron chi connectivity index (χ4n) is 2.41. The van der Waals surface area contributed by atoms with Crippen molar-refractivity contribution in [1.82, 2.24) is 9.97 Å². The largest absolute Gasteiger partial charge is 0.493 e. The third kappa shape index (κ3) is 3.46. The summed E-state index contributed by atoms with van der Waals surface area (Å²) in [6.45, 7) is 4.38. The summed E-state index contributed by atoms with van der Waals surface area (Å²) in [4.78, 5) is 19.4. The van der Waals surface area contributed by atoms with Gasteiger partial charge in [-0.25, -0.2) is 4.98 Å². The second kappa shape index (κ2) is 6.84. The number of hydrogen-bond donors (Lipinski definition) is 2. The number of ether oxygens (including phenoxy) is 1. The number of carbonyl (C=O) groups excluding carboxylic acids is 1. The summed E-state index contributed by atoms with van der Waals surface area (Å²) in [6, 6.07) is 12.9. The van der Waals surface area contributed by atoms with Gasteiger partial charge in [-0.1, -0.05) is 26.0 Å². The van der Waals surface area contributed by atoms with Crippen LogP contribution in [0, 0.1) is 5.92 Å². The van der Waals surface area contributed by atoms with Crippen molar-refractivity contribution in [3.63, 3.8) is 0 Å². The molecule has 3 rings (SSSR count). The molecule has 2 N–H and O–H groups in total. The van der Waals surface area contributed by atoms with Crippen LogP contribution in [-0.2, 0) is 0 Å². The highest BCUT2D eigenvalue weighted by atomic mass is 16.5. The van der Waals surface area contributed by atoms with Gasteiger partial charge in [-0.2, -0.15) is 0 Å². The normalized spacial score (nSPS) is 11.2. The minimum Gasteiger partial charge on any atom is -0.493 e. The van der Waals surface area contributed by atoms with Crippen LogP contribution in [0.25, 0.3) is 22.4 Å². The lowest BCUT2D eigenvalue weighted by Gasteiger charge is -2.09. The number of nitrogens with zero attached hydrogens (tertiary/aromatic N) is 1. The van der Waals surface area contributed by atoms with E-state index in [2.05, 4.69) is 23.8 Å². The lowest BCUT2D eigenvalue weighted by atomic mass is 10.1. The summed E-state index contributed by atoms with van der Waals surface area (Å²) in [5.74, 6) is 1.67. The fraction of sp³-hybridized carbons (Fsp3) is 0.263. The van der Waals surface area contributed by atoms with Crippen LogP contribution in [0.2, 0.25) is 0 Å². The summed E-state index contributed by atoms with van der Waals surface area (Å²) >= 11 is 0. The highest BCUT2D eigenvalue weighted by Crippen LogP contribution is 2.25. The zero-order valence-corrected chi connectivity index (χ0v) is 13.7. The molecule has 2 aromatic carbocycles. The van der Waals surface area contributed by atoms with E-state index in [1.54, 1.807) is 18.2 Å². The molecule has 1 aromatic heterocycles. The maximum Gasteiger partial charge on any atom is 0.188 e. The molecule has 0 aliphatic heterocycles. The maximum absolute atomic E-state index is 11.6. The highest BCUT2D eigenvalue weighted by molar-refractivity contribution is 5.99. The molecule has 1 heterocycles. The zero-order chi connectivity index (χ0) is 17.1. The average molecular weight is 324 g/mol. The third-order valence-electron chi connectivity index (χ3n) is 3.64. The van der Waals surface area contributed by atoms with Crippen molar-refractivity contribution >= 4 is 16.8 Å². The van der Waals surface area contributed by atoms with Crippen molar-refractivity contribution in [2.75, 3.05) is 13.2 Å². The van der Waals surface area contributed by atoms with Crippen molar-refractivity contribution < 1.29 is 14.6 Å². The number of aliphatic hydroxyl groups excluding tert-OH is 1. The summed E-state index contributed by atoms with van der Waals surface area (Å²) in [6.07, 6.45) is 0.